The van der Waals surface area contributed by atoms with Crippen LogP contribution in [-0.2, 0) is 14.8 Å². The molecule has 5 nitrogen and oxygen atoms in total. The summed E-state index contributed by atoms with van der Waals surface area (Å²) >= 11 is 3.30. The molecule has 1 N–H and O–H groups in total. The summed E-state index contributed by atoms with van der Waals surface area (Å²) in [5, 5.41) is 2.93. The standard InChI is InChI=1S/C21H27BrN2O3S/c1-6-24(28(26,27)19-9-7-18(22)8-10-19)13-21(25)23-17(5)20-12-15(3)14(2)11-16(20)4/h7-12,17H,6,13H2,1-5H3,(H,23,25)/t17-/m1/s1. The molecule has 0 aliphatic rings. The van der Waals surface area contributed by atoms with Crippen molar-refractivity contribution >= 4 is 31.9 Å². The number of carbonyl (C=O) groups is 1. The van der Waals surface area contributed by atoms with E-state index in [0.29, 0.717) is 0 Å². The van der Waals surface area contributed by atoms with Crippen LogP contribution in [0.1, 0.15) is 42.1 Å². The number of halogens is 1. The van der Waals surface area contributed by atoms with Gasteiger partial charge in [-0.05, 0) is 74.2 Å². The van der Waals surface area contributed by atoms with Crippen molar-refractivity contribution in [3.05, 3.63) is 63.1 Å². The molecule has 152 valence electrons. The topological polar surface area (TPSA) is 66.5 Å². The number of sulfonamides is 1. The summed E-state index contributed by atoms with van der Waals surface area (Å²) in [6, 6.07) is 10.4. The van der Waals surface area contributed by atoms with Crippen LogP contribution in [0.25, 0.3) is 0 Å². The second kappa shape index (κ2) is 9.20. The van der Waals surface area contributed by atoms with Crippen LogP contribution in [0.15, 0.2) is 45.8 Å². The predicted octanol–water partition coefficient (Wildman–Crippen LogP) is 4.26. The van der Waals surface area contributed by atoms with Gasteiger partial charge in [0.2, 0.25) is 15.9 Å². The lowest BCUT2D eigenvalue weighted by atomic mass is 9.96. The molecule has 7 heteroatoms. The Kier molecular flexibility index (Phi) is 7.42. The van der Waals surface area contributed by atoms with Crippen LogP contribution in [-0.4, -0.2) is 31.7 Å². The fraction of sp³-hybridized carbons (Fsp3) is 0.381. The number of hydrogen-bond donors (Lipinski definition) is 1. The molecule has 0 unspecified atom stereocenters. The molecule has 0 spiro atoms. The van der Waals surface area contributed by atoms with E-state index in [-0.39, 0.29) is 29.9 Å². The van der Waals surface area contributed by atoms with Crippen molar-refractivity contribution in [2.24, 2.45) is 0 Å². The first kappa shape index (κ1) is 22.6. The van der Waals surface area contributed by atoms with E-state index in [4.69, 9.17) is 0 Å². The van der Waals surface area contributed by atoms with Crippen molar-refractivity contribution in [1.82, 2.24) is 9.62 Å². The Morgan fingerprint density at radius 3 is 2.21 bits per heavy atom. The fourth-order valence-corrected chi connectivity index (χ4v) is 4.77. The number of likely N-dealkylation sites (N-methyl/N-ethyl adjacent to an activating group) is 1. The van der Waals surface area contributed by atoms with Gasteiger partial charge < -0.3 is 5.32 Å². The summed E-state index contributed by atoms with van der Waals surface area (Å²) in [6.07, 6.45) is 0. The van der Waals surface area contributed by atoms with Crippen LogP contribution in [0.5, 0.6) is 0 Å². The molecule has 2 rings (SSSR count). The molecule has 2 aromatic carbocycles. The molecule has 0 radical (unpaired) electrons. The second-order valence-electron chi connectivity index (χ2n) is 6.97. The van der Waals surface area contributed by atoms with Crippen LogP contribution in [0, 0.1) is 20.8 Å². The summed E-state index contributed by atoms with van der Waals surface area (Å²) < 4.78 is 27.6. The van der Waals surface area contributed by atoms with Crippen LogP contribution in [0.4, 0.5) is 0 Å². The van der Waals surface area contributed by atoms with Crippen LogP contribution >= 0.6 is 15.9 Å². The summed E-state index contributed by atoms with van der Waals surface area (Å²) in [5.41, 5.74) is 4.51. The van der Waals surface area contributed by atoms with E-state index in [9.17, 15) is 13.2 Å². The molecule has 0 aromatic heterocycles. The minimum Gasteiger partial charge on any atom is -0.348 e. The normalized spacial score (nSPS) is 12.8. The van der Waals surface area contributed by atoms with Crippen molar-refractivity contribution in [2.75, 3.05) is 13.1 Å². The minimum atomic E-state index is -3.73. The molecule has 0 fully saturated rings. The molecule has 1 amide bonds. The quantitative estimate of drug-likeness (QED) is 0.662. The molecular weight excluding hydrogens is 440 g/mol. The van der Waals surface area contributed by atoms with E-state index in [1.807, 2.05) is 20.8 Å². The van der Waals surface area contributed by atoms with Gasteiger partial charge in [-0.2, -0.15) is 4.31 Å². The van der Waals surface area contributed by atoms with Gasteiger partial charge in [-0.25, -0.2) is 8.42 Å². The molecule has 0 heterocycles. The molecule has 0 bridgehead atoms. The van der Waals surface area contributed by atoms with Crippen LogP contribution in [0.2, 0.25) is 0 Å². The van der Waals surface area contributed by atoms with Gasteiger partial charge >= 0.3 is 0 Å². The van der Waals surface area contributed by atoms with Crippen molar-refractivity contribution in [1.29, 1.82) is 0 Å². The van der Waals surface area contributed by atoms with Gasteiger partial charge in [0.1, 0.15) is 0 Å². The smallest absolute Gasteiger partial charge is 0.243 e. The molecule has 0 aliphatic carbocycles. The van der Waals surface area contributed by atoms with Gasteiger partial charge in [0, 0.05) is 11.0 Å². The largest absolute Gasteiger partial charge is 0.348 e. The van der Waals surface area contributed by atoms with Gasteiger partial charge in [-0.15, -0.1) is 0 Å². The maximum Gasteiger partial charge on any atom is 0.243 e. The van der Waals surface area contributed by atoms with E-state index in [2.05, 4.69) is 40.3 Å². The lowest BCUT2D eigenvalue weighted by Crippen LogP contribution is -2.41. The Morgan fingerprint density at radius 2 is 1.64 bits per heavy atom. The average Bonchev–Trinajstić information content (AvgIpc) is 2.62. The average molecular weight is 467 g/mol. The number of hydrogen-bond acceptors (Lipinski definition) is 3. The highest BCUT2D eigenvalue weighted by Gasteiger charge is 2.26. The molecular formula is C21H27BrN2O3S. The van der Waals surface area contributed by atoms with Gasteiger partial charge in [0.15, 0.2) is 0 Å². The maximum atomic E-state index is 12.8. The van der Waals surface area contributed by atoms with Crippen molar-refractivity contribution in [3.8, 4) is 0 Å². The third-order valence-electron chi connectivity index (χ3n) is 4.85. The molecule has 1 atom stereocenters. The number of rotatable bonds is 7. The summed E-state index contributed by atoms with van der Waals surface area (Å²) in [6.45, 7) is 9.74. The zero-order valence-electron chi connectivity index (χ0n) is 16.9. The molecule has 2 aromatic rings. The summed E-state index contributed by atoms with van der Waals surface area (Å²) in [4.78, 5) is 12.7. The van der Waals surface area contributed by atoms with Gasteiger partial charge in [-0.1, -0.05) is 35.0 Å². The second-order valence-corrected chi connectivity index (χ2v) is 9.82. The zero-order chi connectivity index (χ0) is 21.1. The molecule has 0 aliphatic heterocycles. The van der Waals surface area contributed by atoms with E-state index in [1.54, 1.807) is 19.1 Å². The van der Waals surface area contributed by atoms with Crippen LogP contribution < -0.4 is 5.32 Å². The SMILES string of the molecule is CCN(CC(=O)N[C@H](C)c1cc(C)c(C)cc1C)S(=O)(=O)c1ccc(Br)cc1. The minimum absolute atomic E-state index is 0.170. The summed E-state index contributed by atoms with van der Waals surface area (Å²) in [7, 11) is -3.73. The number of amides is 1. The number of carbonyl (C=O) groups excluding carboxylic acids is 1. The third kappa shape index (κ3) is 5.21. The Bertz CT molecular complexity index is 956. The van der Waals surface area contributed by atoms with Crippen LogP contribution in [0.3, 0.4) is 0 Å². The lowest BCUT2D eigenvalue weighted by molar-refractivity contribution is -0.121. The predicted molar refractivity (Wildman–Crippen MR) is 116 cm³/mol. The Hall–Kier alpha value is -1.70. The maximum absolute atomic E-state index is 12.8. The highest BCUT2D eigenvalue weighted by molar-refractivity contribution is 9.10. The van der Waals surface area contributed by atoms with Crippen molar-refractivity contribution in [3.63, 3.8) is 0 Å². The van der Waals surface area contributed by atoms with E-state index < -0.39 is 10.0 Å². The van der Waals surface area contributed by atoms with E-state index in [1.165, 1.54) is 22.0 Å². The summed E-state index contributed by atoms with van der Waals surface area (Å²) in [5.74, 6) is -0.326. The Labute approximate surface area is 176 Å². The zero-order valence-corrected chi connectivity index (χ0v) is 19.3. The number of nitrogens with one attached hydrogen (secondary N) is 1. The number of benzene rings is 2. The molecule has 0 saturated carbocycles. The fourth-order valence-electron chi connectivity index (χ4n) is 3.10. The Morgan fingerprint density at radius 1 is 1.07 bits per heavy atom. The highest BCUT2D eigenvalue weighted by atomic mass is 79.9. The third-order valence-corrected chi connectivity index (χ3v) is 7.31. The van der Waals surface area contributed by atoms with Gasteiger partial charge in [0.05, 0.1) is 17.5 Å². The highest BCUT2D eigenvalue weighted by Crippen LogP contribution is 2.22. The van der Waals surface area contributed by atoms with Gasteiger partial charge in [-0.3, -0.25) is 4.79 Å². The lowest BCUT2D eigenvalue weighted by Gasteiger charge is -2.23. The number of nitrogens with zero attached hydrogens (tertiary/aromatic N) is 1. The first-order chi connectivity index (χ1) is 13.1. The first-order valence-electron chi connectivity index (χ1n) is 9.19. The van der Waals surface area contributed by atoms with Crippen molar-refractivity contribution in [2.45, 2.75) is 45.6 Å². The first-order valence-corrected chi connectivity index (χ1v) is 11.4. The van der Waals surface area contributed by atoms with Crippen molar-refractivity contribution < 1.29 is 13.2 Å². The van der Waals surface area contributed by atoms with E-state index in [0.717, 1.165) is 21.2 Å². The molecule has 0 saturated heterocycles. The number of aryl methyl sites for hydroxylation is 3. The van der Waals surface area contributed by atoms with E-state index >= 15 is 0 Å². The monoisotopic (exact) mass is 466 g/mol. The Balaban J connectivity index is 2.14. The van der Waals surface area contributed by atoms with Gasteiger partial charge in [0.25, 0.3) is 0 Å². The molecule has 28 heavy (non-hydrogen) atoms.